The lowest BCUT2D eigenvalue weighted by Crippen LogP contribution is -2.34. The van der Waals surface area contributed by atoms with Gasteiger partial charge in [0.1, 0.15) is 11.2 Å². The summed E-state index contributed by atoms with van der Waals surface area (Å²) in [4.78, 5) is 22.1. The van der Waals surface area contributed by atoms with Gasteiger partial charge in [-0.1, -0.05) is 12.1 Å². The van der Waals surface area contributed by atoms with Gasteiger partial charge in [-0.2, -0.15) is 5.06 Å². The van der Waals surface area contributed by atoms with E-state index in [0.29, 0.717) is 0 Å². The number of hydrogen-bond acceptors (Lipinski definition) is 3. The van der Waals surface area contributed by atoms with Crippen molar-refractivity contribution in [3.63, 3.8) is 0 Å². The average Bonchev–Trinajstić information content (AvgIpc) is 2.26. The molecule has 0 bridgehead atoms. The molecule has 0 heterocycles. The number of rotatable bonds is 2. The van der Waals surface area contributed by atoms with Crippen molar-refractivity contribution >= 4 is 23.4 Å². The van der Waals surface area contributed by atoms with E-state index in [1.54, 1.807) is 0 Å². The van der Waals surface area contributed by atoms with Crippen LogP contribution in [0.4, 0.5) is 4.39 Å². The summed E-state index contributed by atoms with van der Waals surface area (Å²) in [6.07, 6.45) is 0. The van der Waals surface area contributed by atoms with Gasteiger partial charge in [0.2, 0.25) is 5.91 Å². The maximum atomic E-state index is 12.8. The first kappa shape index (κ1) is 12.6. The van der Waals surface area contributed by atoms with Gasteiger partial charge in [-0.3, -0.25) is 14.8 Å². The van der Waals surface area contributed by atoms with Crippen LogP contribution in [-0.2, 0) is 9.59 Å². The van der Waals surface area contributed by atoms with Gasteiger partial charge in [0.05, 0.1) is 0 Å². The lowest BCUT2D eigenvalue weighted by molar-refractivity contribution is -0.177. The first-order chi connectivity index (χ1) is 7.43. The molecule has 1 unspecified atom stereocenters. The van der Waals surface area contributed by atoms with E-state index >= 15 is 0 Å². The molecule has 1 aromatic rings. The first-order valence-electron chi connectivity index (χ1n) is 4.36. The molecule has 1 atom stereocenters. The van der Waals surface area contributed by atoms with E-state index in [1.165, 1.54) is 18.2 Å². The van der Waals surface area contributed by atoms with E-state index in [2.05, 4.69) is 0 Å². The molecule has 0 aliphatic heterocycles. The van der Waals surface area contributed by atoms with Crippen LogP contribution in [0.2, 0.25) is 0 Å². The van der Waals surface area contributed by atoms with E-state index in [1.807, 2.05) is 0 Å². The second-order valence-electron chi connectivity index (χ2n) is 3.09. The van der Waals surface area contributed by atoms with Crippen molar-refractivity contribution in [1.82, 2.24) is 5.06 Å². The molecular weight excluding hydrogens is 237 g/mol. The summed E-state index contributed by atoms with van der Waals surface area (Å²) in [6, 6.07) is 5.05. The van der Waals surface area contributed by atoms with E-state index < -0.39 is 23.0 Å². The van der Waals surface area contributed by atoms with Crippen molar-refractivity contribution in [3.05, 3.63) is 35.6 Å². The highest BCUT2D eigenvalue weighted by atomic mass is 35.5. The molecule has 6 heteroatoms. The van der Waals surface area contributed by atoms with Crippen LogP contribution in [0.15, 0.2) is 24.3 Å². The predicted molar refractivity (Wildman–Crippen MR) is 54.3 cm³/mol. The minimum absolute atomic E-state index is 0.0947. The summed E-state index contributed by atoms with van der Waals surface area (Å²) in [5.74, 6) is -2.42. The highest BCUT2D eigenvalue weighted by Gasteiger charge is 2.25. The quantitative estimate of drug-likeness (QED) is 0.492. The van der Waals surface area contributed by atoms with Crippen LogP contribution in [0.25, 0.3) is 0 Å². The zero-order valence-corrected chi connectivity index (χ0v) is 9.11. The third-order valence-electron chi connectivity index (χ3n) is 1.87. The first-order valence-corrected chi connectivity index (χ1v) is 4.80. The Hall–Kier alpha value is -1.46. The molecule has 0 aromatic heterocycles. The number of hydroxylamine groups is 2. The third kappa shape index (κ3) is 2.77. The fourth-order valence-electron chi connectivity index (χ4n) is 1.07. The van der Waals surface area contributed by atoms with E-state index in [0.717, 1.165) is 13.0 Å². The number of carbonyl (C=O) groups excluding carboxylic acids is 2. The predicted octanol–water partition coefficient (Wildman–Crippen LogP) is 1.87. The standard InChI is InChI=1S/C10H9ClFNO3/c1-6(14)13(16)10(15)9(11)7-3-2-4-8(12)5-7/h2-5,9,16H,1H3. The number of amides is 2. The highest BCUT2D eigenvalue weighted by Crippen LogP contribution is 2.23. The Morgan fingerprint density at radius 3 is 2.62 bits per heavy atom. The Morgan fingerprint density at radius 1 is 1.50 bits per heavy atom. The molecule has 0 aliphatic rings. The summed E-state index contributed by atoms with van der Waals surface area (Å²) in [5, 5.41) is 7.66. The van der Waals surface area contributed by atoms with Crippen molar-refractivity contribution in [2.24, 2.45) is 0 Å². The van der Waals surface area contributed by atoms with Gasteiger partial charge < -0.3 is 0 Å². The molecule has 0 aliphatic carbocycles. The Morgan fingerprint density at radius 2 is 2.12 bits per heavy atom. The number of hydrogen-bond donors (Lipinski definition) is 1. The summed E-state index contributed by atoms with van der Waals surface area (Å²) in [5.41, 5.74) is 0.173. The molecule has 0 saturated carbocycles. The number of benzene rings is 1. The topological polar surface area (TPSA) is 57.6 Å². The zero-order chi connectivity index (χ0) is 12.3. The molecular formula is C10H9ClFNO3. The van der Waals surface area contributed by atoms with Crippen molar-refractivity contribution in [2.75, 3.05) is 0 Å². The number of nitrogens with zero attached hydrogens (tertiary/aromatic N) is 1. The Labute approximate surface area is 96.2 Å². The zero-order valence-electron chi connectivity index (χ0n) is 8.35. The largest absolute Gasteiger partial charge is 0.278 e. The van der Waals surface area contributed by atoms with E-state index in [9.17, 15) is 14.0 Å². The fraction of sp³-hybridized carbons (Fsp3) is 0.200. The summed E-state index contributed by atoms with van der Waals surface area (Å²) in [7, 11) is 0. The summed E-state index contributed by atoms with van der Waals surface area (Å²) < 4.78 is 12.8. The van der Waals surface area contributed by atoms with Gasteiger partial charge in [0, 0.05) is 6.92 Å². The van der Waals surface area contributed by atoms with Gasteiger partial charge >= 0.3 is 0 Å². The SMILES string of the molecule is CC(=O)N(O)C(=O)C(Cl)c1cccc(F)c1. The molecule has 0 radical (unpaired) electrons. The van der Waals surface area contributed by atoms with Crippen LogP contribution >= 0.6 is 11.6 Å². The molecule has 0 spiro atoms. The van der Waals surface area contributed by atoms with Crippen molar-refractivity contribution < 1.29 is 19.2 Å². The second-order valence-corrected chi connectivity index (χ2v) is 3.52. The van der Waals surface area contributed by atoms with Crippen molar-refractivity contribution in [3.8, 4) is 0 Å². The highest BCUT2D eigenvalue weighted by molar-refractivity contribution is 6.31. The number of imide groups is 1. The normalized spacial score (nSPS) is 12.0. The molecule has 4 nitrogen and oxygen atoms in total. The second kappa shape index (κ2) is 5.05. The van der Waals surface area contributed by atoms with Crippen LogP contribution in [0.5, 0.6) is 0 Å². The van der Waals surface area contributed by atoms with Crippen LogP contribution in [0, 0.1) is 5.82 Å². The van der Waals surface area contributed by atoms with Crippen LogP contribution in [0.1, 0.15) is 17.9 Å². The molecule has 0 saturated heterocycles. The monoisotopic (exact) mass is 245 g/mol. The molecule has 1 N–H and O–H groups in total. The van der Waals surface area contributed by atoms with Crippen molar-refractivity contribution in [2.45, 2.75) is 12.3 Å². The number of carbonyl (C=O) groups is 2. The summed E-state index contributed by atoms with van der Waals surface area (Å²) >= 11 is 5.70. The number of halogens is 2. The maximum Gasteiger partial charge on any atom is 0.275 e. The minimum atomic E-state index is -1.30. The lowest BCUT2D eigenvalue weighted by atomic mass is 10.1. The van der Waals surface area contributed by atoms with E-state index in [-0.39, 0.29) is 10.6 Å². The molecule has 0 fully saturated rings. The molecule has 2 amide bonds. The van der Waals surface area contributed by atoms with E-state index in [4.69, 9.17) is 16.8 Å². The Balaban J connectivity index is 2.90. The smallest absolute Gasteiger partial charge is 0.275 e. The molecule has 86 valence electrons. The van der Waals surface area contributed by atoms with Gasteiger partial charge in [0.25, 0.3) is 5.91 Å². The fourth-order valence-corrected chi connectivity index (χ4v) is 1.30. The summed E-state index contributed by atoms with van der Waals surface area (Å²) in [6.45, 7) is 1.01. The van der Waals surface area contributed by atoms with Gasteiger partial charge in [0.15, 0.2) is 0 Å². The number of alkyl halides is 1. The molecule has 1 rings (SSSR count). The Kier molecular flexibility index (Phi) is 3.98. The van der Waals surface area contributed by atoms with Crippen LogP contribution < -0.4 is 0 Å². The maximum absolute atomic E-state index is 12.8. The van der Waals surface area contributed by atoms with Gasteiger partial charge in [-0.25, -0.2) is 4.39 Å². The Bertz CT molecular complexity index is 424. The lowest BCUT2D eigenvalue weighted by Gasteiger charge is -2.14. The van der Waals surface area contributed by atoms with Gasteiger partial charge in [-0.05, 0) is 17.7 Å². The average molecular weight is 246 g/mol. The van der Waals surface area contributed by atoms with Crippen LogP contribution in [0.3, 0.4) is 0 Å². The third-order valence-corrected chi connectivity index (χ3v) is 2.30. The van der Waals surface area contributed by atoms with Crippen molar-refractivity contribution in [1.29, 1.82) is 0 Å². The van der Waals surface area contributed by atoms with Gasteiger partial charge in [-0.15, -0.1) is 11.6 Å². The van der Waals surface area contributed by atoms with Crippen LogP contribution in [-0.4, -0.2) is 22.1 Å². The molecule has 16 heavy (non-hydrogen) atoms. The minimum Gasteiger partial charge on any atom is -0.278 e. The molecule has 1 aromatic carbocycles.